The lowest BCUT2D eigenvalue weighted by Gasteiger charge is -2.10. The summed E-state index contributed by atoms with van der Waals surface area (Å²) in [5, 5.41) is 9.16. The predicted octanol–water partition coefficient (Wildman–Crippen LogP) is 3.28. The summed E-state index contributed by atoms with van der Waals surface area (Å²) >= 11 is 3.40. The standard InChI is InChI=1S/C15H23BrN4O.HI/c1-4-17-15(18-5-2)19-9-8-14(21)20-13-10-12(16)7-6-11(13)3;/h6-7,10H,4-5,8-9H2,1-3H3,(H,20,21)(H2,17,18,19);1H. The molecule has 0 fully saturated rings. The van der Waals surface area contributed by atoms with E-state index in [1.54, 1.807) is 0 Å². The van der Waals surface area contributed by atoms with Gasteiger partial charge in [-0.2, -0.15) is 0 Å². The molecule has 0 unspecified atom stereocenters. The van der Waals surface area contributed by atoms with Gasteiger partial charge in [-0.1, -0.05) is 22.0 Å². The van der Waals surface area contributed by atoms with Gasteiger partial charge in [-0.25, -0.2) is 0 Å². The SMILES string of the molecule is CCNC(=NCCC(=O)Nc1cc(Br)ccc1C)NCC.I. The normalized spacial score (nSPS) is 9.45. The molecule has 1 amide bonds. The van der Waals surface area contributed by atoms with Crippen molar-refractivity contribution in [1.29, 1.82) is 0 Å². The Morgan fingerprint density at radius 3 is 2.45 bits per heavy atom. The van der Waals surface area contributed by atoms with Crippen LogP contribution < -0.4 is 16.0 Å². The zero-order valence-corrected chi connectivity index (χ0v) is 17.1. The second-order valence-corrected chi connectivity index (χ2v) is 5.46. The summed E-state index contributed by atoms with van der Waals surface area (Å²) in [5.74, 6) is 0.707. The molecule has 0 aliphatic heterocycles. The van der Waals surface area contributed by atoms with Crippen LogP contribution in [0.1, 0.15) is 25.8 Å². The second-order valence-electron chi connectivity index (χ2n) is 4.55. The number of aryl methyl sites for hydroxylation is 1. The molecule has 0 spiro atoms. The van der Waals surface area contributed by atoms with E-state index >= 15 is 0 Å². The number of anilines is 1. The van der Waals surface area contributed by atoms with Gasteiger partial charge in [0.1, 0.15) is 0 Å². The van der Waals surface area contributed by atoms with E-state index in [1.165, 1.54) is 0 Å². The van der Waals surface area contributed by atoms with Gasteiger partial charge in [0.2, 0.25) is 5.91 Å². The maximum absolute atomic E-state index is 11.9. The van der Waals surface area contributed by atoms with E-state index in [0.29, 0.717) is 13.0 Å². The van der Waals surface area contributed by atoms with Crippen LogP contribution in [-0.2, 0) is 4.79 Å². The first-order chi connectivity index (χ1) is 10.1. The minimum absolute atomic E-state index is 0. The molecule has 0 heterocycles. The Kier molecular flexibility index (Phi) is 11.3. The molecule has 0 aliphatic rings. The lowest BCUT2D eigenvalue weighted by molar-refractivity contribution is -0.116. The van der Waals surface area contributed by atoms with Gasteiger partial charge in [-0.05, 0) is 38.5 Å². The Hall–Kier alpha value is -0.830. The first-order valence-electron chi connectivity index (χ1n) is 7.15. The van der Waals surface area contributed by atoms with Crippen molar-refractivity contribution in [3.8, 4) is 0 Å². The molecular weight excluding hydrogens is 459 g/mol. The highest BCUT2D eigenvalue weighted by molar-refractivity contribution is 14.0. The summed E-state index contributed by atoms with van der Waals surface area (Å²) in [7, 11) is 0. The van der Waals surface area contributed by atoms with E-state index in [9.17, 15) is 4.79 Å². The fraction of sp³-hybridized carbons (Fsp3) is 0.467. The van der Waals surface area contributed by atoms with Crippen LogP contribution in [0.25, 0.3) is 0 Å². The lowest BCUT2D eigenvalue weighted by Crippen LogP contribution is -2.37. The van der Waals surface area contributed by atoms with Crippen LogP contribution in [0.5, 0.6) is 0 Å². The first-order valence-corrected chi connectivity index (χ1v) is 7.94. The van der Waals surface area contributed by atoms with Gasteiger partial charge in [0.15, 0.2) is 5.96 Å². The maximum Gasteiger partial charge on any atom is 0.226 e. The van der Waals surface area contributed by atoms with Crippen molar-refractivity contribution in [2.45, 2.75) is 27.2 Å². The molecule has 0 aromatic heterocycles. The highest BCUT2D eigenvalue weighted by atomic mass is 127. The molecule has 0 saturated heterocycles. The van der Waals surface area contributed by atoms with Crippen molar-refractivity contribution >= 4 is 57.5 Å². The molecule has 7 heteroatoms. The van der Waals surface area contributed by atoms with Gasteiger partial charge in [-0.3, -0.25) is 9.79 Å². The zero-order chi connectivity index (χ0) is 15.7. The summed E-state index contributed by atoms with van der Waals surface area (Å²) in [6.07, 6.45) is 0.353. The van der Waals surface area contributed by atoms with Crippen molar-refractivity contribution in [2.24, 2.45) is 4.99 Å². The van der Waals surface area contributed by atoms with Crippen molar-refractivity contribution in [2.75, 3.05) is 25.0 Å². The number of nitrogens with one attached hydrogen (secondary N) is 3. The van der Waals surface area contributed by atoms with Crippen LogP contribution in [-0.4, -0.2) is 31.5 Å². The maximum atomic E-state index is 11.9. The van der Waals surface area contributed by atoms with Crippen LogP contribution in [0.2, 0.25) is 0 Å². The number of guanidine groups is 1. The molecule has 0 aliphatic carbocycles. The van der Waals surface area contributed by atoms with Gasteiger partial charge in [-0.15, -0.1) is 24.0 Å². The summed E-state index contributed by atoms with van der Waals surface area (Å²) in [4.78, 5) is 16.3. The molecule has 3 N–H and O–H groups in total. The molecule has 0 radical (unpaired) electrons. The summed E-state index contributed by atoms with van der Waals surface area (Å²) in [6.45, 7) is 8.04. The number of halogens is 2. The number of carbonyl (C=O) groups is 1. The van der Waals surface area contributed by atoms with Crippen LogP contribution in [0.15, 0.2) is 27.7 Å². The quantitative estimate of drug-likeness (QED) is 0.331. The van der Waals surface area contributed by atoms with Gasteiger partial charge in [0, 0.05) is 29.7 Å². The number of aliphatic imine (C=N–C) groups is 1. The number of hydrogen-bond donors (Lipinski definition) is 3. The number of benzene rings is 1. The molecule has 0 bridgehead atoms. The molecule has 0 atom stereocenters. The van der Waals surface area contributed by atoms with Gasteiger partial charge >= 0.3 is 0 Å². The largest absolute Gasteiger partial charge is 0.357 e. The highest BCUT2D eigenvalue weighted by Crippen LogP contribution is 2.20. The molecule has 124 valence electrons. The first kappa shape index (κ1) is 21.2. The Morgan fingerprint density at radius 1 is 1.23 bits per heavy atom. The van der Waals surface area contributed by atoms with Crippen molar-refractivity contribution in [3.05, 3.63) is 28.2 Å². The number of nitrogens with zero attached hydrogens (tertiary/aromatic N) is 1. The minimum atomic E-state index is -0.0349. The Labute approximate surface area is 157 Å². The number of amides is 1. The van der Waals surface area contributed by atoms with E-state index in [1.807, 2.05) is 39.0 Å². The third-order valence-corrected chi connectivity index (χ3v) is 3.26. The van der Waals surface area contributed by atoms with Crippen molar-refractivity contribution in [1.82, 2.24) is 10.6 Å². The van der Waals surface area contributed by atoms with E-state index in [0.717, 1.165) is 34.8 Å². The molecular formula is C15H24BrIN4O. The Balaban J connectivity index is 0.00000441. The van der Waals surface area contributed by atoms with E-state index in [-0.39, 0.29) is 29.9 Å². The summed E-state index contributed by atoms with van der Waals surface area (Å²) in [5.41, 5.74) is 1.87. The molecule has 1 aromatic rings. The average Bonchev–Trinajstić information content (AvgIpc) is 2.43. The zero-order valence-electron chi connectivity index (χ0n) is 13.2. The molecule has 1 rings (SSSR count). The van der Waals surface area contributed by atoms with Gasteiger partial charge in [0.05, 0.1) is 6.54 Å². The summed E-state index contributed by atoms with van der Waals surface area (Å²) < 4.78 is 0.947. The number of hydrogen-bond acceptors (Lipinski definition) is 2. The van der Waals surface area contributed by atoms with Crippen LogP contribution in [0.4, 0.5) is 5.69 Å². The third-order valence-electron chi connectivity index (χ3n) is 2.77. The van der Waals surface area contributed by atoms with Crippen LogP contribution >= 0.6 is 39.9 Å². The highest BCUT2D eigenvalue weighted by Gasteiger charge is 2.05. The minimum Gasteiger partial charge on any atom is -0.357 e. The van der Waals surface area contributed by atoms with Crippen LogP contribution in [0.3, 0.4) is 0 Å². The van der Waals surface area contributed by atoms with Crippen molar-refractivity contribution < 1.29 is 4.79 Å². The number of carbonyl (C=O) groups excluding carboxylic acids is 1. The number of rotatable bonds is 6. The molecule has 1 aromatic carbocycles. The Morgan fingerprint density at radius 2 is 1.86 bits per heavy atom. The smallest absolute Gasteiger partial charge is 0.226 e. The topological polar surface area (TPSA) is 65.5 Å². The van der Waals surface area contributed by atoms with Gasteiger partial charge < -0.3 is 16.0 Å². The second kappa shape index (κ2) is 11.7. The predicted molar refractivity (Wildman–Crippen MR) is 107 cm³/mol. The van der Waals surface area contributed by atoms with E-state index in [2.05, 4.69) is 36.9 Å². The Bertz CT molecular complexity index is 500. The van der Waals surface area contributed by atoms with E-state index < -0.39 is 0 Å². The average molecular weight is 483 g/mol. The van der Waals surface area contributed by atoms with Crippen LogP contribution in [0, 0.1) is 6.92 Å². The molecule has 5 nitrogen and oxygen atoms in total. The fourth-order valence-electron chi connectivity index (χ4n) is 1.72. The summed E-state index contributed by atoms with van der Waals surface area (Å²) in [6, 6.07) is 5.82. The lowest BCUT2D eigenvalue weighted by atomic mass is 10.2. The fourth-order valence-corrected chi connectivity index (χ4v) is 2.08. The van der Waals surface area contributed by atoms with Crippen molar-refractivity contribution in [3.63, 3.8) is 0 Å². The third kappa shape index (κ3) is 7.98. The monoisotopic (exact) mass is 482 g/mol. The molecule has 22 heavy (non-hydrogen) atoms. The van der Waals surface area contributed by atoms with E-state index in [4.69, 9.17) is 0 Å². The molecule has 0 saturated carbocycles. The van der Waals surface area contributed by atoms with Gasteiger partial charge in [0.25, 0.3) is 0 Å².